The minimum absolute atomic E-state index is 0.161. The number of ether oxygens (including phenoxy) is 2. The zero-order chi connectivity index (χ0) is 24.2. The number of hydrogen-bond donors (Lipinski definition) is 0. The fourth-order valence-corrected chi connectivity index (χ4v) is 4.73. The number of methoxy groups -OCH3 is 1. The lowest BCUT2D eigenvalue weighted by atomic mass is 9.90. The van der Waals surface area contributed by atoms with Crippen molar-refractivity contribution >= 4 is 11.9 Å². The summed E-state index contributed by atoms with van der Waals surface area (Å²) in [6, 6.07) is 2.89. The first kappa shape index (κ1) is 24.4. The molecule has 1 aliphatic heterocycles. The fourth-order valence-electron chi connectivity index (χ4n) is 4.73. The van der Waals surface area contributed by atoms with Crippen LogP contribution in [0.1, 0.15) is 37.1 Å². The van der Waals surface area contributed by atoms with Crippen LogP contribution in [0.2, 0.25) is 0 Å². The van der Waals surface area contributed by atoms with Crippen molar-refractivity contribution in [3.8, 4) is 5.75 Å². The molecule has 2 fully saturated rings. The third-order valence-corrected chi connectivity index (χ3v) is 6.82. The van der Waals surface area contributed by atoms with Crippen LogP contribution in [0.5, 0.6) is 5.75 Å². The SMILES string of the molecule is COCc1noc(N2CCC(C3CC3CCOc3cc(F)c(CC(=O)N(C)C)c(F)c3)CC2)n1. The highest BCUT2D eigenvalue weighted by Crippen LogP contribution is 2.50. The molecule has 2 aromatic rings. The largest absolute Gasteiger partial charge is 0.493 e. The van der Waals surface area contributed by atoms with Crippen LogP contribution in [0, 0.1) is 29.4 Å². The van der Waals surface area contributed by atoms with Crippen LogP contribution in [0.25, 0.3) is 0 Å². The predicted octanol–water partition coefficient (Wildman–Crippen LogP) is 3.45. The van der Waals surface area contributed by atoms with Crippen molar-refractivity contribution in [3.63, 3.8) is 0 Å². The Balaban J connectivity index is 1.19. The fraction of sp³-hybridized carbons (Fsp3) is 0.625. The molecule has 0 spiro atoms. The number of carbonyl (C=O) groups excluding carboxylic acids is 1. The topological polar surface area (TPSA) is 80.9 Å². The van der Waals surface area contributed by atoms with E-state index in [4.69, 9.17) is 14.0 Å². The molecule has 1 aromatic heterocycles. The van der Waals surface area contributed by atoms with E-state index in [0.717, 1.165) is 44.5 Å². The van der Waals surface area contributed by atoms with Crippen LogP contribution in [0.15, 0.2) is 16.7 Å². The normalized spacial score (nSPS) is 20.4. The van der Waals surface area contributed by atoms with Crippen LogP contribution in [-0.4, -0.2) is 61.8 Å². The van der Waals surface area contributed by atoms with Gasteiger partial charge in [0.15, 0.2) is 5.82 Å². The summed E-state index contributed by atoms with van der Waals surface area (Å²) >= 11 is 0. The van der Waals surface area contributed by atoms with Crippen molar-refractivity contribution < 1.29 is 27.6 Å². The van der Waals surface area contributed by atoms with Gasteiger partial charge in [0.25, 0.3) is 0 Å². The molecule has 1 aromatic carbocycles. The van der Waals surface area contributed by atoms with E-state index in [1.54, 1.807) is 21.2 Å². The Morgan fingerprint density at radius 3 is 2.59 bits per heavy atom. The Kier molecular flexibility index (Phi) is 7.65. The lowest BCUT2D eigenvalue weighted by Crippen LogP contribution is -2.34. The Morgan fingerprint density at radius 1 is 1.24 bits per heavy atom. The molecule has 186 valence electrons. The molecule has 1 saturated carbocycles. The number of aromatic nitrogens is 2. The molecule has 0 radical (unpaired) electrons. The third kappa shape index (κ3) is 5.84. The molecule has 1 aliphatic carbocycles. The van der Waals surface area contributed by atoms with Gasteiger partial charge in [-0.3, -0.25) is 4.79 Å². The highest BCUT2D eigenvalue weighted by molar-refractivity contribution is 5.78. The lowest BCUT2D eigenvalue weighted by Gasteiger charge is -2.30. The maximum absolute atomic E-state index is 14.3. The summed E-state index contributed by atoms with van der Waals surface area (Å²) in [4.78, 5) is 19.6. The summed E-state index contributed by atoms with van der Waals surface area (Å²) in [5, 5.41) is 3.92. The van der Waals surface area contributed by atoms with E-state index >= 15 is 0 Å². The average molecular weight is 479 g/mol. The first-order valence-corrected chi connectivity index (χ1v) is 11.7. The van der Waals surface area contributed by atoms with E-state index in [-0.39, 0.29) is 23.6 Å². The highest BCUT2D eigenvalue weighted by Gasteiger charge is 2.43. The minimum atomic E-state index is -0.753. The second-order valence-corrected chi connectivity index (χ2v) is 9.38. The van der Waals surface area contributed by atoms with E-state index in [0.29, 0.717) is 42.8 Å². The second kappa shape index (κ2) is 10.7. The quantitative estimate of drug-likeness (QED) is 0.517. The summed E-state index contributed by atoms with van der Waals surface area (Å²) in [7, 11) is 4.70. The molecule has 34 heavy (non-hydrogen) atoms. The second-order valence-electron chi connectivity index (χ2n) is 9.38. The monoisotopic (exact) mass is 478 g/mol. The van der Waals surface area contributed by atoms with Gasteiger partial charge in [-0.15, -0.1) is 0 Å². The van der Waals surface area contributed by atoms with Crippen molar-refractivity contribution in [1.29, 1.82) is 0 Å². The number of piperidine rings is 1. The summed E-state index contributed by atoms with van der Waals surface area (Å²) < 4.78 is 44.6. The number of carbonyl (C=O) groups is 1. The number of likely N-dealkylation sites (N-methyl/N-ethyl adjacent to an activating group) is 1. The highest BCUT2D eigenvalue weighted by atomic mass is 19.1. The number of rotatable bonds is 10. The molecule has 2 unspecified atom stereocenters. The van der Waals surface area contributed by atoms with Crippen molar-refractivity contribution in [1.82, 2.24) is 15.0 Å². The van der Waals surface area contributed by atoms with Crippen LogP contribution in [0.3, 0.4) is 0 Å². The van der Waals surface area contributed by atoms with Crippen LogP contribution in [-0.2, 0) is 22.6 Å². The number of benzene rings is 1. The molecule has 2 heterocycles. The Labute approximate surface area is 198 Å². The maximum Gasteiger partial charge on any atom is 0.324 e. The molecular formula is C24H32F2N4O4. The van der Waals surface area contributed by atoms with E-state index in [9.17, 15) is 13.6 Å². The van der Waals surface area contributed by atoms with E-state index in [1.165, 1.54) is 11.3 Å². The van der Waals surface area contributed by atoms with Gasteiger partial charge in [0.1, 0.15) is 24.0 Å². The molecule has 0 bridgehead atoms. The van der Waals surface area contributed by atoms with E-state index < -0.39 is 11.6 Å². The first-order chi connectivity index (χ1) is 16.4. The number of hydrogen-bond acceptors (Lipinski definition) is 7. The van der Waals surface area contributed by atoms with Gasteiger partial charge in [-0.2, -0.15) is 4.98 Å². The number of anilines is 1. The Bertz CT molecular complexity index is 968. The number of amides is 1. The Hall–Kier alpha value is -2.75. The molecule has 1 amide bonds. The third-order valence-electron chi connectivity index (χ3n) is 6.82. The number of nitrogens with zero attached hydrogens (tertiary/aromatic N) is 4. The minimum Gasteiger partial charge on any atom is -0.493 e. The summed E-state index contributed by atoms with van der Waals surface area (Å²) in [5.74, 6) is 0.766. The van der Waals surface area contributed by atoms with E-state index in [1.807, 2.05) is 0 Å². The zero-order valence-corrected chi connectivity index (χ0v) is 19.9. The summed E-state index contributed by atoms with van der Waals surface area (Å²) in [6.07, 6.45) is 3.87. The van der Waals surface area contributed by atoms with Crippen LogP contribution < -0.4 is 9.64 Å². The van der Waals surface area contributed by atoms with Crippen molar-refractivity contribution in [2.24, 2.45) is 17.8 Å². The van der Waals surface area contributed by atoms with Gasteiger partial charge in [-0.05, 0) is 43.4 Å². The molecule has 0 N–H and O–H groups in total. The molecule has 4 rings (SSSR count). The Morgan fingerprint density at radius 2 is 1.94 bits per heavy atom. The summed E-state index contributed by atoms with van der Waals surface area (Å²) in [6.45, 7) is 2.53. The molecule has 2 aliphatic rings. The molecule has 8 nitrogen and oxygen atoms in total. The lowest BCUT2D eigenvalue weighted by molar-refractivity contribution is -0.128. The van der Waals surface area contributed by atoms with Gasteiger partial charge in [0, 0.05) is 52.0 Å². The number of halogens is 2. The first-order valence-electron chi connectivity index (χ1n) is 11.7. The average Bonchev–Trinajstić information content (AvgIpc) is 3.43. The van der Waals surface area contributed by atoms with Gasteiger partial charge in [0.2, 0.25) is 5.91 Å². The molecule has 1 saturated heterocycles. The van der Waals surface area contributed by atoms with Gasteiger partial charge >= 0.3 is 6.01 Å². The molecule has 10 heteroatoms. The predicted molar refractivity (Wildman–Crippen MR) is 120 cm³/mol. The maximum atomic E-state index is 14.3. The van der Waals surface area contributed by atoms with Crippen molar-refractivity contribution in [2.45, 2.75) is 38.7 Å². The van der Waals surface area contributed by atoms with Crippen LogP contribution in [0.4, 0.5) is 14.8 Å². The van der Waals surface area contributed by atoms with Crippen LogP contribution >= 0.6 is 0 Å². The molecular weight excluding hydrogens is 446 g/mol. The van der Waals surface area contributed by atoms with E-state index in [2.05, 4.69) is 15.0 Å². The molecule has 2 atom stereocenters. The zero-order valence-electron chi connectivity index (χ0n) is 19.9. The van der Waals surface area contributed by atoms with Gasteiger partial charge in [-0.1, -0.05) is 5.16 Å². The van der Waals surface area contributed by atoms with Gasteiger partial charge in [-0.25, -0.2) is 8.78 Å². The smallest absolute Gasteiger partial charge is 0.324 e. The van der Waals surface area contributed by atoms with Crippen molar-refractivity contribution in [3.05, 3.63) is 35.2 Å². The summed E-state index contributed by atoms with van der Waals surface area (Å²) in [5.41, 5.74) is -0.227. The van der Waals surface area contributed by atoms with Crippen molar-refractivity contribution in [2.75, 3.05) is 45.8 Å². The standard InChI is InChI=1S/C24H32F2N4O4/c1-29(2)23(31)13-19-20(25)11-17(12-21(19)26)33-9-6-16-10-18(16)15-4-7-30(8-5-15)24-27-22(14-32-3)28-34-24/h11-12,15-16,18H,4-10,13-14H2,1-3H3. The van der Waals surface area contributed by atoms with Gasteiger partial charge < -0.3 is 23.8 Å². The van der Waals surface area contributed by atoms with Gasteiger partial charge in [0.05, 0.1) is 13.0 Å².